The highest BCUT2D eigenvalue weighted by Crippen LogP contribution is 2.32. The van der Waals surface area contributed by atoms with E-state index in [1.807, 2.05) is 4.90 Å². The van der Waals surface area contributed by atoms with Gasteiger partial charge in [0, 0.05) is 13.0 Å². The Labute approximate surface area is 138 Å². The number of anilines is 1. The molecule has 8 heteroatoms. The van der Waals surface area contributed by atoms with Crippen molar-refractivity contribution >= 4 is 17.3 Å². The van der Waals surface area contributed by atoms with Crippen LogP contribution in [0, 0.1) is 0 Å². The van der Waals surface area contributed by atoms with Crippen LogP contribution in [0.5, 0.6) is 0 Å². The smallest absolute Gasteiger partial charge is 0.285 e. The number of rotatable bonds is 2. The summed E-state index contributed by atoms with van der Waals surface area (Å²) in [7, 11) is 0. The van der Waals surface area contributed by atoms with Crippen LogP contribution in [0.25, 0.3) is 0 Å². The van der Waals surface area contributed by atoms with Gasteiger partial charge in [0.05, 0.1) is 30.2 Å². The zero-order valence-electron chi connectivity index (χ0n) is 12.8. The first kappa shape index (κ1) is 14.7. The van der Waals surface area contributed by atoms with Gasteiger partial charge >= 0.3 is 0 Å². The number of halogens is 1. The summed E-state index contributed by atoms with van der Waals surface area (Å²) in [6, 6.07) is 0.497. The molecule has 0 unspecified atom stereocenters. The molecule has 1 N–H and O–H groups in total. The quantitative estimate of drug-likeness (QED) is 0.909. The number of hydrogen-bond acceptors (Lipinski definition) is 5. The van der Waals surface area contributed by atoms with Gasteiger partial charge in [-0.3, -0.25) is 4.79 Å². The van der Waals surface area contributed by atoms with E-state index in [1.165, 1.54) is 37.8 Å². The Bertz CT molecular complexity index is 764. The molecule has 0 radical (unpaired) electrons. The van der Waals surface area contributed by atoms with Gasteiger partial charge in [0.1, 0.15) is 10.7 Å². The third kappa shape index (κ3) is 2.63. The molecule has 1 fully saturated rings. The first-order valence-corrected chi connectivity index (χ1v) is 8.53. The number of H-pyrrole nitrogens is 1. The Morgan fingerprint density at radius 2 is 2.09 bits per heavy atom. The SMILES string of the molecule is O=c1[nH]ncc(N2CCc3c(nnn3C3CCCCC3)C2)c1Cl. The molecule has 2 aromatic heterocycles. The molecule has 0 spiro atoms. The molecule has 0 amide bonds. The normalized spacial score (nSPS) is 18.9. The summed E-state index contributed by atoms with van der Waals surface area (Å²) in [5.74, 6) is 0. The Kier molecular flexibility index (Phi) is 3.80. The van der Waals surface area contributed by atoms with Gasteiger partial charge in [-0.05, 0) is 12.8 Å². The number of aromatic amines is 1. The van der Waals surface area contributed by atoms with Crippen LogP contribution < -0.4 is 10.5 Å². The van der Waals surface area contributed by atoms with E-state index in [-0.39, 0.29) is 10.6 Å². The van der Waals surface area contributed by atoms with Gasteiger partial charge in [0.25, 0.3) is 5.56 Å². The highest BCUT2D eigenvalue weighted by Gasteiger charge is 2.27. The number of nitrogens with zero attached hydrogens (tertiary/aromatic N) is 5. The highest BCUT2D eigenvalue weighted by molar-refractivity contribution is 6.32. The van der Waals surface area contributed by atoms with Crippen molar-refractivity contribution in [1.29, 1.82) is 0 Å². The van der Waals surface area contributed by atoms with E-state index in [0.717, 1.165) is 18.7 Å². The summed E-state index contributed by atoms with van der Waals surface area (Å²) < 4.78 is 2.14. The summed E-state index contributed by atoms with van der Waals surface area (Å²) in [4.78, 5) is 13.7. The molecule has 0 aromatic carbocycles. The molecule has 2 aliphatic rings. The van der Waals surface area contributed by atoms with E-state index in [2.05, 4.69) is 25.2 Å². The largest absolute Gasteiger partial charge is 0.362 e. The minimum atomic E-state index is -0.360. The zero-order valence-corrected chi connectivity index (χ0v) is 13.6. The molecular weight excluding hydrogens is 316 g/mol. The van der Waals surface area contributed by atoms with Crippen molar-refractivity contribution in [2.45, 2.75) is 51.1 Å². The van der Waals surface area contributed by atoms with Crippen LogP contribution >= 0.6 is 11.6 Å². The Balaban J connectivity index is 1.60. The highest BCUT2D eigenvalue weighted by atomic mass is 35.5. The molecule has 0 bridgehead atoms. The predicted molar refractivity (Wildman–Crippen MR) is 86.8 cm³/mol. The lowest BCUT2D eigenvalue weighted by molar-refractivity contribution is 0.316. The summed E-state index contributed by atoms with van der Waals surface area (Å²) in [6.07, 6.45) is 8.74. The maximum atomic E-state index is 11.6. The minimum Gasteiger partial charge on any atom is -0.362 e. The molecule has 1 saturated carbocycles. The van der Waals surface area contributed by atoms with Crippen LogP contribution in [-0.4, -0.2) is 31.7 Å². The van der Waals surface area contributed by atoms with Crippen LogP contribution in [0.15, 0.2) is 11.0 Å². The standard InChI is InChI=1S/C15H19ClN6O/c16-14-13(8-17-19-15(14)23)21-7-6-12-11(9-21)18-20-22(12)10-4-2-1-3-5-10/h8,10H,1-7,9H2,(H,19,23). The maximum absolute atomic E-state index is 11.6. The Hall–Kier alpha value is -1.89. The van der Waals surface area contributed by atoms with Crippen molar-refractivity contribution in [3.63, 3.8) is 0 Å². The van der Waals surface area contributed by atoms with Crippen LogP contribution in [0.2, 0.25) is 5.02 Å². The van der Waals surface area contributed by atoms with Crippen molar-refractivity contribution < 1.29 is 0 Å². The van der Waals surface area contributed by atoms with E-state index in [1.54, 1.807) is 6.20 Å². The fourth-order valence-corrected chi connectivity index (χ4v) is 3.86. The fourth-order valence-electron chi connectivity index (χ4n) is 3.65. The van der Waals surface area contributed by atoms with Gasteiger partial charge in [-0.2, -0.15) is 5.10 Å². The third-order valence-electron chi connectivity index (χ3n) is 4.87. The summed E-state index contributed by atoms with van der Waals surface area (Å²) in [5, 5.41) is 15.2. The van der Waals surface area contributed by atoms with E-state index in [0.29, 0.717) is 18.3 Å². The summed E-state index contributed by atoms with van der Waals surface area (Å²) >= 11 is 6.11. The number of nitrogens with one attached hydrogen (secondary N) is 1. The fraction of sp³-hybridized carbons (Fsp3) is 0.600. The molecule has 7 nitrogen and oxygen atoms in total. The topological polar surface area (TPSA) is 79.7 Å². The monoisotopic (exact) mass is 334 g/mol. The van der Waals surface area contributed by atoms with Crippen molar-refractivity contribution in [2.75, 3.05) is 11.4 Å². The molecule has 1 aliphatic heterocycles. The second-order valence-corrected chi connectivity index (χ2v) is 6.67. The summed E-state index contributed by atoms with van der Waals surface area (Å²) in [5.41, 5.74) is 2.52. The van der Waals surface area contributed by atoms with Gasteiger partial charge in [-0.15, -0.1) is 5.10 Å². The van der Waals surface area contributed by atoms with Crippen molar-refractivity contribution in [2.24, 2.45) is 0 Å². The average molecular weight is 335 g/mol. The molecule has 2 aromatic rings. The second kappa shape index (κ2) is 5.96. The number of aromatic nitrogens is 5. The zero-order chi connectivity index (χ0) is 15.8. The van der Waals surface area contributed by atoms with Gasteiger partial charge in [-0.1, -0.05) is 36.1 Å². The van der Waals surface area contributed by atoms with Crippen molar-refractivity contribution in [3.05, 3.63) is 33.0 Å². The van der Waals surface area contributed by atoms with Crippen LogP contribution in [0.1, 0.15) is 49.5 Å². The lowest BCUT2D eigenvalue weighted by atomic mass is 9.95. The minimum absolute atomic E-state index is 0.183. The lowest BCUT2D eigenvalue weighted by Gasteiger charge is -2.30. The first-order chi connectivity index (χ1) is 11.2. The van der Waals surface area contributed by atoms with Gasteiger partial charge < -0.3 is 4.90 Å². The molecule has 0 atom stereocenters. The first-order valence-electron chi connectivity index (χ1n) is 8.15. The van der Waals surface area contributed by atoms with Crippen LogP contribution in [-0.2, 0) is 13.0 Å². The lowest BCUT2D eigenvalue weighted by Crippen LogP contribution is -2.33. The number of hydrogen-bond donors (Lipinski definition) is 1. The van der Waals surface area contributed by atoms with E-state index in [9.17, 15) is 4.79 Å². The Morgan fingerprint density at radius 1 is 1.26 bits per heavy atom. The second-order valence-electron chi connectivity index (χ2n) is 6.29. The number of fused-ring (bicyclic) bond motifs is 1. The third-order valence-corrected chi connectivity index (χ3v) is 5.23. The van der Waals surface area contributed by atoms with Crippen LogP contribution in [0.4, 0.5) is 5.69 Å². The average Bonchev–Trinajstić information content (AvgIpc) is 3.01. The van der Waals surface area contributed by atoms with Gasteiger partial charge in [-0.25, -0.2) is 9.78 Å². The molecule has 23 heavy (non-hydrogen) atoms. The van der Waals surface area contributed by atoms with E-state index < -0.39 is 0 Å². The molecule has 122 valence electrons. The van der Waals surface area contributed by atoms with Crippen molar-refractivity contribution in [1.82, 2.24) is 25.2 Å². The van der Waals surface area contributed by atoms with Crippen LogP contribution in [0.3, 0.4) is 0 Å². The molecule has 1 aliphatic carbocycles. The summed E-state index contributed by atoms with van der Waals surface area (Å²) in [6.45, 7) is 1.41. The molecule has 0 saturated heterocycles. The molecule has 4 rings (SSSR count). The van der Waals surface area contributed by atoms with E-state index in [4.69, 9.17) is 11.6 Å². The Morgan fingerprint density at radius 3 is 2.91 bits per heavy atom. The molecule has 3 heterocycles. The maximum Gasteiger partial charge on any atom is 0.285 e. The van der Waals surface area contributed by atoms with Gasteiger partial charge in [0.2, 0.25) is 0 Å². The molecular formula is C15H19ClN6O. The van der Waals surface area contributed by atoms with Gasteiger partial charge in [0.15, 0.2) is 0 Å². The van der Waals surface area contributed by atoms with E-state index >= 15 is 0 Å². The predicted octanol–water partition coefficient (Wildman–Crippen LogP) is 2.08. The van der Waals surface area contributed by atoms with Crippen molar-refractivity contribution in [3.8, 4) is 0 Å².